The van der Waals surface area contributed by atoms with Crippen molar-refractivity contribution >= 4 is 0 Å². The van der Waals surface area contributed by atoms with Crippen molar-refractivity contribution in [3.05, 3.63) is 29.8 Å². The standard InChI is InChI=1S/C14H21NO/c1-11-7-8-12(10-15-11)9-13-5-3-4-6-14(13)16-2/h3-6,11-12,15H,7-10H2,1-2H3. The van der Waals surface area contributed by atoms with Crippen LogP contribution in [0, 0.1) is 5.92 Å². The van der Waals surface area contributed by atoms with Gasteiger partial charge in [-0.05, 0) is 50.3 Å². The van der Waals surface area contributed by atoms with E-state index in [1.807, 2.05) is 12.1 Å². The molecule has 1 saturated heterocycles. The maximum Gasteiger partial charge on any atom is 0.122 e. The Morgan fingerprint density at radius 2 is 2.12 bits per heavy atom. The molecule has 1 heterocycles. The van der Waals surface area contributed by atoms with Crippen LogP contribution >= 0.6 is 0 Å². The molecule has 2 unspecified atom stereocenters. The van der Waals surface area contributed by atoms with E-state index in [4.69, 9.17) is 4.74 Å². The Morgan fingerprint density at radius 3 is 2.81 bits per heavy atom. The Bertz CT molecular complexity index is 329. The molecule has 0 amide bonds. The average Bonchev–Trinajstić information content (AvgIpc) is 2.33. The molecule has 1 aromatic carbocycles. The van der Waals surface area contributed by atoms with E-state index in [9.17, 15) is 0 Å². The molecule has 0 radical (unpaired) electrons. The first-order valence-electron chi connectivity index (χ1n) is 6.15. The second kappa shape index (κ2) is 5.35. The van der Waals surface area contributed by atoms with E-state index in [2.05, 4.69) is 24.4 Å². The first-order chi connectivity index (χ1) is 7.79. The second-order valence-electron chi connectivity index (χ2n) is 4.77. The van der Waals surface area contributed by atoms with Crippen LogP contribution in [0.4, 0.5) is 0 Å². The molecule has 1 aromatic rings. The van der Waals surface area contributed by atoms with E-state index in [-0.39, 0.29) is 0 Å². The Labute approximate surface area is 98.0 Å². The van der Waals surface area contributed by atoms with E-state index in [0.29, 0.717) is 6.04 Å². The first-order valence-corrected chi connectivity index (χ1v) is 6.15. The third-order valence-corrected chi connectivity index (χ3v) is 3.46. The van der Waals surface area contributed by atoms with Gasteiger partial charge in [0.15, 0.2) is 0 Å². The number of piperidine rings is 1. The number of ether oxygens (including phenoxy) is 1. The van der Waals surface area contributed by atoms with Gasteiger partial charge in [-0.15, -0.1) is 0 Å². The smallest absolute Gasteiger partial charge is 0.122 e. The van der Waals surface area contributed by atoms with Gasteiger partial charge >= 0.3 is 0 Å². The summed E-state index contributed by atoms with van der Waals surface area (Å²) in [6.45, 7) is 3.40. The zero-order valence-electron chi connectivity index (χ0n) is 10.2. The number of benzene rings is 1. The topological polar surface area (TPSA) is 21.3 Å². The lowest BCUT2D eigenvalue weighted by Gasteiger charge is -2.28. The van der Waals surface area contributed by atoms with Crippen molar-refractivity contribution in [1.82, 2.24) is 5.32 Å². The molecule has 0 spiro atoms. The molecular formula is C14H21NO. The van der Waals surface area contributed by atoms with Crippen LogP contribution in [0.5, 0.6) is 5.75 Å². The summed E-state index contributed by atoms with van der Waals surface area (Å²) in [5.74, 6) is 1.79. The quantitative estimate of drug-likeness (QED) is 0.843. The summed E-state index contributed by atoms with van der Waals surface area (Å²) in [5.41, 5.74) is 1.34. The summed E-state index contributed by atoms with van der Waals surface area (Å²) in [4.78, 5) is 0. The van der Waals surface area contributed by atoms with E-state index in [1.165, 1.54) is 18.4 Å². The van der Waals surface area contributed by atoms with E-state index < -0.39 is 0 Å². The van der Waals surface area contributed by atoms with Gasteiger partial charge in [-0.2, -0.15) is 0 Å². The van der Waals surface area contributed by atoms with Gasteiger partial charge < -0.3 is 10.1 Å². The average molecular weight is 219 g/mol. The maximum atomic E-state index is 5.39. The maximum absolute atomic E-state index is 5.39. The van der Waals surface area contributed by atoms with E-state index in [0.717, 1.165) is 24.6 Å². The van der Waals surface area contributed by atoms with Crippen LogP contribution in [0.2, 0.25) is 0 Å². The van der Waals surface area contributed by atoms with Crippen molar-refractivity contribution < 1.29 is 4.74 Å². The van der Waals surface area contributed by atoms with Crippen LogP contribution in [-0.2, 0) is 6.42 Å². The summed E-state index contributed by atoms with van der Waals surface area (Å²) in [6.07, 6.45) is 3.75. The van der Waals surface area contributed by atoms with Crippen LogP contribution in [-0.4, -0.2) is 19.7 Å². The fourth-order valence-electron chi connectivity index (χ4n) is 2.41. The zero-order valence-corrected chi connectivity index (χ0v) is 10.2. The van der Waals surface area contributed by atoms with E-state index >= 15 is 0 Å². The molecule has 0 aliphatic carbocycles. The number of hydrogen-bond donors (Lipinski definition) is 1. The fourth-order valence-corrected chi connectivity index (χ4v) is 2.41. The van der Waals surface area contributed by atoms with Crippen molar-refractivity contribution in [3.63, 3.8) is 0 Å². The third-order valence-electron chi connectivity index (χ3n) is 3.46. The fraction of sp³-hybridized carbons (Fsp3) is 0.571. The van der Waals surface area contributed by atoms with E-state index in [1.54, 1.807) is 7.11 Å². The molecule has 0 bridgehead atoms. The largest absolute Gasteiger partial charge is 0.496 e. The highest BCUT2D eigenvalue weighted by molar-refractivity contribution is 5.33. The molecule has 1 aliphatic heterocycles. The molecule has 16 heavy (non-hydrogen) atoms. The summed E-state index contributed by atoms with van der Waals surface area (Å²) in [6, 6.07) is 9.04. The number of para-hydroxylation sites is 1. The van der Waals surface area contributed by atoms with Crippen molar-refractivity contribution in [1.29, 1.82) is 0 Å². The lowest BCUT2D eigenvalue weighted by molar-refractivity contribution is 0.318. The van der Waals surface area contributed by atoms with Gasteiger partial charge in [-0.1, -0.05) is 18.2 Å². The molecule has 2 heteroatoms. The molecule has 1 N–H and O–H groups in total. The van der Waals surface area contributed by atoms with Gasteiger partial charge in [0.25, 0.3) is 0 Å². The number of methoxy groups -OCH3 is 1. The number of hydrogen-bond acceptors (Lipinski definition) is 2. The Morgan fingerprint density at radius 1 is 1.31 bits per heavy atom. The summed E-state index contributed by atoms with van der Waals surface area (Å²) < 4.78 is 5.39. The highest BCUT2D eigenvalue weighted by Gasteiger charge is 2.18. The van der Waals surface area contributed by atoms with Crippen LogP contribution in [0.25, 0.3) is 0 Å². The predicted molar refractivity (Wildman–Crippen MR) is 66.9 cm³/mol. The van der Waals surface area contributed by atoms with Crippen LogP contribution in [0.3, 0.4) is 0 Å². The van der Waals surface area contributed by atoms with Crippen molar-refractivity contribution in [2.75, 3.05) is 13.7 Å². The molecule has 2 nitrogen and oxygen atoms in total. The molecule has 1 aliphatic rings. The van der Waals surface area contributed by atoms with Crippen LogP contribution < -0.4 is 10.1 Å². The Balaban J connectivity index is 1.98. The summed E-state index contributed by atoms with van der Waals surface area (Å²) in [7, 11) is 1.75. The normalized spacial score (nSPS) is 25.4. The van der Waals surface area contributed by atoms with Gasteiger partial charge in [0, 0.05) is 6.04 Å². The number of rotatable bonds is 3. The summed E-state index contributed by atoms with van der Waals surface area (Å²) >= 11 is 0. The lowest BCUT2D eigenvalue weighted by Crippen LogP contribution is -2.37. The highest BCUT2D eigenvalue weighted by Crippen LogP contribution is 2.24. The van der Waals surface area contributed by atoms with Gasteiger partial charge in [0.2, 0.25) is 0 Å². The molecular weight excluding hydrogens is 198 g/mol. The second-order valence-corrected chi connectivity index (χ2v) is 4.77. The first kappa shape index (κ1) is 11.5. The van der Waals surface area contributed by atoms with Crippen LogP contribution in [0.1, 0.15) is 25.3 Å². The van der Waals surface area contributed by atoms with Gasteiger partial charge in [-0.25, -0.2) is 0 Å². The predicted octanol–water partition coefficient (Wildman–Crippen LogP) is 2.63. The molecule has 2 rings (SSSR count). The van der Waals surface area contributed by atoms with Crippen molar-refractivity contribution in [2.45, 2.75) is 32.2 Å². The molecule has 88 valence electrons. The summed E-state index contributed by atoms with van der Waals surface area (Å²) in [5, 5.41) is 3.55. The molecule has 1 fully saturated rings. The number of nitrogens with one attached hydrogen (secondary N) is 1. The lowest BCUT2D eigenvalue weighted by atomic mass is 9.89. The van der Waals surface area contributed by atoms with Gasteiger partial charge in [0.05, 0.1) is 7.11 Å². The monoisotopic (exact) mass is 219 g/mol. The molecule has 0 aromatic heterocycles. The minimum Gasteiger partial charge on any atom is -0.496 e. The minimum absolute atomic E-state index is 0.689. The Hall–Kier alpha value is -1.02. The SMILES string of the molecule is COc1ccccc1CC1CCC(C)NC1. The van der Waals surface area contributed by atoms with Crippen molar-refractivity contribution in [3.8, 4) is 5.75 Å². The Kier molecular flexibility index (Phi) is 3.83. The van der Waals surface area contributed by atoms with Gasteiger partial charge in [-0.3, -0.25) is 0 Å². The molecule has 2 atom stereocenters. The van der Waals surface area contributed by atoms with Crippen LogP contribution in [0.15, 0.2) is 24.3 Å². The van der Waals surface area contributed by atoms with Crippen molar-refractivity contribution in [2.24, 2.45) is 5.92 Å². The highest BCUT2D eigenvalue weighted by atomic mass is 16.5. The molecule has 0 saturated carbocycles. The third kappa shape index (κ3) is 2.76. The van der Waals surface area contributed by atoms with Gasteiger partial charge in [0.1, 0.15) is 5.75 Å². The zero-order chi connectivity index (χ0) is 11.4. The minimum atomic E-state index is 0.689.